The van der Waals surface area contributed by atoms with Crippen molar-refractivity contribution in [3.8, 4) is 0 Å². The van der Waals surface area contributed by atoms with Crippen LogP contribution in [0, 0.1) is 5.82 Å². The zero-order valence-electron chi connectivity index (χ0n) is 10.2. The Morgan fingerprint density at radius 2 is 2.29 bits per heavy atom. The Balaban J connectivity index is 2.17. The molecule has 17 heavy (non-hydrogen) atoms. The highest BCUT2D eigenvalue weighted by atomic mass is 79.9. The maximum absolute atomic E-state index is 13.8. The molecule has 0 saturated carbocycles. The minimum atomic E-state index is -0.126. The lowest BCUT2D eigenvalue weighted by Gasteiger charge is -2.30. The molecule has 4 heteroatoms. The summed E-state index contributed by atoms with van der Waals surface area (Å²) >= 11 is 3.40. The predicted octanol–water partition coefficient (Wildman–Crippen LogP) is 2.94. The highest BCUT2D eigenvalue weighted by Gasteiger charge is 2.25. The van der Waals surface area contributed by atoms with Gasteiger partial charge in [0, 0.05) is 28.7 Å². The number of halogens is 2. The fourth-order valence-corrected chi connectivity index (χ4v) is 2.74. The first kappa shape index (κ1) is 13.0. The van der Waals surface area contributed by atoms with Crippen LogP contribution in [0.5, 0.6) is 0 Å². The Morgan fingerprint density at radius 1 is 1.53 bits per heavy atom. The molecule has 1 heterocycles. The van der Waals surface area contributed by atoms with Crippen LogP contribution >= 0.6 is 15.9 Å². The van der Waals surface area contributed by atoms with Crippen molar-refractivity contribution in [2.75, 3.05) is 20.1 Å². The van der Waals surface area contributed by atoms with Crippen molar-refractivity contribution in [2.45, 2.75) is 25.4 Å². The molecule has 0 aromatic heterocycles. The van der Waals surface area contributed by atoms with Gasteiger partial charge in [0.2, 0.25) is 0 Å². The maximum atomic E-state index is 13.8. The SMILES string of the molecule is CC(c1cc(Br)ccc1F)N(C)C1CCNC1. The van der Waals surface area contributed by atoms with Crippen LogP contribution < -0.4 is 5.32 Å². The summed E-state index contributed by atoms with van der Waals surface area (Å²) in [6, 6.07) is 5.74. The Labute approximate surface area is 110 Å². The minimum absolute atomic E-state index is 0.0948. The van der Waals surface area contributed by atoms with Gasteiger partial charge < -0.3 is 5.32 Å². The molecule has 1 N–H and O–H groups in total. The van der Waals surface area contributed by atoms with E-state index >= 15 is 0 Å². The number of nitrogens with one attached hydrogen (secondary N) is 1. The summed E-state index contributed by atoms with van der Waals surface area (Å²) in [7, 11) is 2.07. The monoisotopic (exact) mass is 300 g/mol. The fourth-order valence-electron chi connectivity index (χ4n) is 2.36. The summed E-state index contributed by atoms with van der Waals surface area (Å²) in [5.74, 6) is -0.126. The lowest BCUT2D eigenvalue weighted by atomic mass is 10.0. The van der Waals surface area contributed by atoms with E-state index in [2.05, 4.69) is 40.1 Å². The molecule has 0 radical (unpaired) electrons. The molecule has 2 rings (SSSR count). The van der Waals surface area contributed by atoms with Crippen LogP contribution in [0.1, 0.15) is 24.9 Å². The van der Waals surface area contributed by atoms with Gasteiger partial charge in [0.1, 0.15) is 5.82 Å². The van der Waals surface area contributed by atoms with E-state index in [1.807, 2.05) is 6.07 Å². The molecule has 1 aromatic carbocycles. The van der Waals surface area contributed by atoms with Crippen molar-refractivity contribution >= 4 is 15.9 Å². The van der Waals surface area contributed by atoms with Gasteiger partial charge in [-0.1, -0.05) is 15.9 Å². The fraction of sp³-hybridized carbons (Fsp3) is 0.538. The third-order valence-corrected chi connectivity index (χ3v) is 4.12. The van der Waals surface area contributed by atoms with Gasteiger partial charge >= 0.3 is 0 Å². The minimum Gasteiger partial charge on any atom is -0.315 e. The summed E-state index contributed by atoms with van der Waals surface area (Å²) in [4.78, 5) is 2.25. The molecule has 0 amide bonds. The van der Waals surface area contributed by atoms with Crippen LogP contribution in [0.25, 0.3) is 0 Å². The normalized spacial score (nSPS) is 22.1. The highest BCUT2D eigenvalue weighted by molar-refractivity contribution is 9.10. The first-order valence-corrected chi connectivity index (χ1v) is 6.76. The van der Waals surface area contributed by atoms with Crippen molar-refractivity contribution in [1.29, 1.82) is 0 Å². The molecule has 0 bridgehead atoms. The Kier molecular flexibility index (Phi) is 4.17. The van der Waals surface area contributed by atoms with E-state index in [1.54, 1.807) is 6.07 Å². The number of rotatable bonds is 3. The third kappa shape index (κ3) is 2.87. The molecule has 1 aliphatic rings. The quantitative estimate of drug-likeness (QED) is 0.923. The van der Waals surface area contributed by atoms with Crippen LogP contribution in [0.2, 0.25) is 0 Å². The highest BCUT2D eigenvalue weighted by Crippen LogP contribution is 2.27. The van der Waals surface area contributed by atoms with E-state index < -0.39 is 0 Å². The molecule has 1 fully saturated rings. The second-order valence-corrected chi connectivity index (χ2v) is 5.57. The lowest BCUT2D eigenvalue weighted by molar-refractivity contribution is 0.193. The average molecular weight is 301 g/mol. The average Bonchev–Trinajstić information content (AvgIpc) is 2.84. The predicted molar refractivity (Wildman–Crippen MR) is 71.6 cm³/mol. The van der Waals surface area contributed by atoms with Crippen molar-refractivity contribution in [2.24, 2.45) is 0 Å². The molecule has 2 nitrogen and oxygen atoms in total. The van der Waals surface area contributed by atoms with E-state index in [9.17, 15) is 4.39 Å². The zero-order valence-corrected chi connectivity index (χ0v) is 11.8. The van der Waals surface area contributed by atoms with E-state index in [0.717, 1.165) is 29.5 Å². The first-order valence-electron chi connectivity index (χ1n) is 5.97. The van der Waals surface area contributed by atoms with Gasteiger partial charge in [-0.3, -0.25) is 4.90 Å². The number of nitrogens with zero attached hydrogens (tertiary/aromatic N) is 1. The van der Waals surface area contributed by atoms with E-state index in [0.29, 0.717) is 6.04 Å². The van der Waals surface area contributed by atoms with Gasteiger partial charge in [-0.25, -0.2) is 4.39 Å². The summed E-state index contributed by atoms with van der Waals surface area (Å²) in [5.41, 5.74) is 0.758. The van der Waals surface area contributed by atoms with Gasteiger partial charge in [0.05, 0.1) is 0 Å². The number of likely N-dealkylation sites (N-methyl/N-ethyl adjacent to an activating group) is 1. The van der Waals surface area contributed by atoms with E-state index in [4.69, 9.17) is 0 Å². The molecule has 1 aliphatic heterocycles. The number of hydrogen-bond acceptors (Lipinski definition) is 2. The first-order chi connectivity index (χ1) is 8.09. The van der Waals surface area contributed by atoms with Crippen LogP contribution in [-0.4, -0.2) is 31.1 Å². The van der Waals surface area contributed by atoms with Gasteiger partial charge in [0.15, 0.2) is 0 Å². The Morgan fingerprint density at radius 3 is 2.94 bits per heavy atom. The molecule has 0 aliphatic carbocycles. The van der Waals surface area contributed by atoms with Crippen molar-refractivity contribution in [1.82, 2.24) is 10.2 Å². The molecule has 2 atom stereocenters. The van der Waals surface area contributed by atoms with E-state index in [-0.39, 0.29) is 11.9 Å². The molecule has 1 saturated heterocycles. The molecule has 1 aromatic rings. The summed E-state index contributed by atoms with van der Waals surface area (Å²) in [6.45, 7) is 4.11. The van der Waals surface area contributed by atoms with Crippen LogP contribution in [0.3, 0.4) is 0 Å². The second-order valence-electron chi connectivity index (χ2n) is 4.65. The van der Waals surface area contributed by atoms with Crippen molar-refractivity contribution in [3.05, 3.63) is 34.1 Å². The molecule has 94 valence electrons. The summed E-state index contributed by atoms with van der Waals surface area (Å²) in [5, 5.41) is 3.34. The van der Waals surface area contributed by atoms with Crippen LogP contribution in [0.15, 0.2) is 22.7 Å². The van der Waals surface area contributed by atoms with Gasteiger partial charge in [-0.2, -0.15) is 0 Å². The Bertz CT molecular complexity index is 391. The van der Waals surface area contributed by atoms with Gasteiger partial charge in [0.25, 0.3) is 0 Å². The van der Waals surface area contributed by atoms with Gasteiger partial charge in [-0.15, -0.1) is 0 Å². The van der Waals surface area contributed by atoms with E-state index in [1.165, 1.54) is 6.07 Å². The molecular formula is C13H18BrFN2. The molecule has 2 unspecified atom stereocenters. The maximum Gasteiger partial charge on any atom is 0.128 e. The third-order valence-electron chi connectivity index (χ3n) is 3.63. The summed E-state index contributed by atoms with van der Waals surface area (Å²) < 4.78 is 14.7. The lowest BCUT2D eigenvalue weighted by Crippen LogP contribution is -2.35. The molecular weight excluding hydrogens is 283 g/mol. The van der Waals surface area contributed by atoms with Crippen LogP contribution in [-0.2, 0) is 0 Å². The topological polar surface area (TPSA) is 15.3 Å². The number of benzene rings is 1. The second kappa shape index (κ2) is 5.46. The zero-order chi connectivity index (χ0) is 12.4. The largest absolute Gasteiger partial charge is 0.315 e. The van der Waals surface area contributed by atoms with Crippen LogP contribution in [0.4, 0.5) is 4.39 Å². The smallest absolute Gasteiger partial charge is 0.128 e. The number of hydrogen-bond donors (Lipinski definition) is 1. The van der Waals surface area contributed by atoms with Gasteiger partial charge in [-0.05, 0) is 45.1 Å². The summed E-state index contributed by atoms with van der Waals surface area (Å²) in [6.07, 6.45) is 1.14. The Hall–Kier alpha value is -0.450. The van der Waals surface area contributed by atoms with Crippen molar-refractivity contribution < 1.29 is 4.39 Å². The van der Waals surface area contributed by atoms with Crippen molar-refractivity contribution in [3.63, 3.8) is 0 Å². The molecule has 0 spiro atoms. The standard InChI is InChI=1S/C13H18BrFN2/c1-9(17(2)11-5-6-16-8-11)12-7-10(14)3-4-13(12)15/h3-4,7,9,11,16H,5-6,8H2,1-2H3.